The molecular weight excluding hydrogens is 1310 g/mol. The maximum absolute atomic E-state index is 14.8. The van der Waals surface area contributed by atoms with E-state index in [-0.39, 0.29) is 115 Å². The number of alkyl halides is 1. The first-order chi connectivity index (χ1) is 38.8. The fourth-order valence-corrected chi connectivity index (χ4v) is 10.2. The third-order valence-corrected chi connectivity index (χ3v) is 17.3. The molecular formula is C56H71B3Br2ClF3KN5O15. The zero-order chi connectivity index (χ0) is 62.0. The number of carboxylic acid groups (broad SMARTS) is 1. The molecule has 3 aromatic carbocycles. The van der Waals surface area contributed by atoms with Gasteiger partial charge in [-0.3, -0.25) is 9.59 Å². The van der Waals surface area contributed by atoms with E-state index >= 15 is 0 Å². The number of carbonyl (C=O) groups is 5. The fourth-order valence-electron chi connectivity index (χ4n) is 9.37. The van der Waals surface area contributed by atoms with Crippen LogP contribution in [-0.2, 0) is 54.3 Å². The number of aryl methyl sites for hydroxylation is 1. The number of hydrogen-bond donors (Lipinski definition) is 2. The van der Waals surface area contributed by atoms with Crippen molar-refractivity contribution in [3.63, 3.8) is 0 Å². The van der Waals surface area contributed by atoms with E-state index in [1.165, 1.54) is 45.3 Å². The third-order valence-electron chi connectivity index (χ3n) is 15.9. The predicted octanol–water partition coefficient (Wildman–Crippen LogP) is 6.35. The topological polar surface area (TPSA) is 296 Å². The number of fused-ring (bicyclic) bond motifs is 1. The third kappa shape index (κ3) is 18.3. The zero-order valence-electron chi connectivity index (χ0n) is 50.4. The second-order valence-corrected chi connectivity index (χ2v) is 23.9. The molecule has 5 fully saturated rings. The molecule has 3 aromatic rings. The van der Waals surface area contributed by atoms with E-state index in [4.69, 9.17) is 28.4 Å². The number of rotatable bonds is 8. The Morgan fingerprint density at radius 3 is 1.40 bits per heavy atom. The molecule has 2 amide bonds. The molecule has 0 spiro atoms. The number of methoxy groups -OCH3 is 2. The summed E-state index contributed by atoms with van der Waals surface area (Å²) >= 11 is 6.13. The number of benzene rings is 3. The van der Waals surface area contributed by atoms with Crippen molar-refractivity contribution in [2.75, 3.05) is 14.2 Å². The Morgan fingerprint density at radius 1 is 0.663 bits per heavy atom. The molecule has 0 unspecified atom stereocenters. The first-order valence-electron chi connectivity index (χ1n) is 27.0. The molecule has 0 aromatic heterocycles. The van der Waals surface area contributed by atoms with Crippen LogP contribution in [0.15, 0.2) is 46.6 Å². The van der Waals surface area contributed by atoms with Crippen LogP contribution in [0.25, 0.3) is 0 Å². The van der Waals surface area contributed by atoms with Crippen LogP contribution in [0.4, 0.5) is 13.2 Å². The Balaban J connectivity index is 0.000000374. The molecule has 0 radical (unpaired) electrons. The molecule has 30 heteroatoms. The molecule has 3 N–H and O–H groups in total. The van der Waals surface area contributed by atoms with Crippen LogP contribution in [0.1, 0.15) is 180 Å². The number of carboxylic acids is 1. The van der Waals surface area contributed by atoms with Gasteiger partial charge in [-0.2, -0.15) is 20.8 Å². The molecule has 86 heavy (non-hydrogen) atoms. The zero-order valence-corrected chi connectivity index (χ0v) is 57.5. The molecule has 4 aliphatic heterocycles. The molecule has 3 saturated heterocycles. The van der Waals surface area contributed by atoms with Crippen molar-refractivity contribution in [1.29, 1.82) is 10.5 Å². The monoisotopic (exact) mass is 1380 g/mol. The van der Waals surface area contributed by atoms with E-state index in [0.29, 0.717) is 34.9 Å². The largest absolute Gasteiger partial charge is 1.00 e. The standard InChI is InChI=1S/C15H19BBrFO4.C15H20BFO4.C14H20N4.C8H6BFO4.C4H4BrNO2.ClH.K.H2O/c1-14(2)15(3,4)22-16(21-14)11-9(8-17)6-7-10(12(11)18)13(19)20-5;1-9-7-8-10(13(18)19-6)12(17)11(9)16-20-14(2,3)15(4,5)21-16;15-11-13(7-3-1-4-8-13)17-18-14(12-16)9-5-2-6-10-14;10-7-5(8(11)12)2-1-4-3-14-9(13)6(4)7;5-6-3(7)1-2-4(6)8;;;/h6-7H,8H2,1-5H3;7-8H,1-6H3;1-10H2;1-2,13H,3H2,(H,11,12);1-2H2;1H;;1H2/q;;;;;;+1;/p-1. The molecule has 462 valence electrons. The fraction of sp³-hybridized carbons (Fsp3) is 0.554. The number of nitrogens with zero attached hydrogens (tertiary/aromatic N) is 5. The summed E-state index contributed by atoms with van der Waals surface area (Å²) in [5.74, 6) is -5.32. The van der Waals surface area contributed by atoms with Crippen molar-refractivity contribution in [2.24, 2.45) is 10.2 Å². The van der Waals surface area contributed by atoms with Gasteiger partial charge < -0.3 is 48.4 Å². The number of hydrogen-bond acceptors (Lipinski definition) is 18. The molecule has 6 aliphatic rings. The number of carbonyl (C=O) groups excluding carboxylic acids is 4. The van der Waals surface area contributed by atoms with E-state index in [9.17, 15) is 52.7 Å². The van der Waals surface area contributed by atoms with Crippen LogP contribution >= 0.6 is 44.5 Å². The molecule has 2 aliphatic carbocycles. The summed E-state index contributed by atoms with van der Waals surface area (Å²) in [7, 11) is -0.642. The Kier molecular flexibility index (Phi) is 30.0. The van der Waals surface area contributed by atoms with Crippen molar-refractivity contribution in [1.82, 2.24) is 3.93 Å². The number of amides is 2. The van der Waals surface area contributed by atoms with Crippen molar-refractivity contribution < 1.29 is 137 Å². The van der Waals surface area contributed by atoms with E-state index in [1.54, 1.807) is 19.1 Å². The maximum atomic E-state index is 14.8. The number of esters is 2. The Hall–Kier alpha value is -3.62. The van der Waals surface area contributed by atoms with Gasteiger partial charge in [0, 0.05) is 34.6 Å². The normalized spacial score (nSPS) is 19.5. The number of halogens is 6. The number of imide groups is 1. The van der Waals surface area contributed by atoms with Gasteiger partial charge in [-0.25, -0.2) is 31.5 Å². The van der Waals surface area contributed by atoms with Gasteiger partial charge in [0.15, 0.2) is 11.1 Å². The summed E-state index contributed by atoms with van der Waals surface area (Å²) in [6, 6.07) is 13.4. The van der Waals surface area contributed by atoms with Crippen molar-refractivity contribution in [3.8, 4) is 12.1 Å². The van der Waals surface area contributed by atoms with Crippen LogP contribution in [0.3, 0.4) is 0 Å². The summed E-state index contributed by atoms with van der Waals surface area (Å²) < 4.78 is 81.5. The summed E-state index contributed by atoms with van der Waals surface area (Å²) in [6.45, 7) is 17.0. The SMILES string of the molecule is COC(=O)c1ccc(C)c(B2OC(C)(C)C(C)(C)O2)c1F.COC(=O)c1ccc(CBr)c(B2OC(C)(C)C(C)(C)O2)c1F.Cl.N#CC1(N=NC2(C#N)CCCCC2)CCCCC1.O=C(O)c1ccc2c(c1F)B(O)OC2.O=C1CCC(=O)N1Br.[K+].[OH-]. The predicted molar refractivity (Wildman–Crippen MR) is 317 cm³/mol. The van der Waals surface area contributed by atoms with E-state index < -0.39 is 95.8 Å². The van der Waals surface area contributed by atoms with Crippen LogP contribution in [0, 0.1) is 47.0 Å². The van der Waals surface area contributed by atoms with Crippen LogP contribution < -0.4 is 67.8 Å². The average Bonchev–Trinajstić information content (AvgIpc) is 1.82. The van der Waals surface area contributed by atoms with Crippen molar-refractivity contribution in [2.45, 2.75) is 185 Å². The van der Waals surface area contributed by atoms with Crippen LogP contribution in [-0.4, -0.2) is 118 Å². The van der Waals surface area contributed by atoms with Gasteiger partial charge in [0.05, 0.1) is 88.2 Å². The van der Waals surface area contributed by atoms with Gasteiger partial charge >= 0.3 is 90.6 Å². The van der Waals surface area contributed by atoms with E-state index in [0.717, 1.165) is 61.4 Å². The summed E-state index contributed by atoms with van der Waals surface area (Å²) in [5.41, 5.74) is -2.06. The number of azo groups is 1. The van der Waals surface area contributed by atoms with E-state index in [2.05, 4.69) is 63.9 Å². The minimum Gasteiger partial charge on any atom is -0.870 e. The first kappa shape index (κ1) is 78.5. The molecule has 20 nitrogen and oxygen atoms in total. The minimum absolute atomic E-state index is 0. The Morgan fingerprint density at radius 2 is 1.03 bits per heavy atom. The second kappa shape index (κ2) is 32.9. The van der Waals surface area contributed by atoms with Gasteiger partial charge in [0.1, 0.15) is 17.5 Å². The van der Waals surface area contributed by atoms with Crippen molar-refractivity contribution >= 4 is 112 Å². The number of ether oxygens (including phenoxy) is 2. The maximum Gasteiger partial charge on any atom is 1.00 e. The molecule has 4 heterocycles. The summed E-state index contributed by atoms with van der Waals surface area (Å²) in [5, 5.41) is 45.6. The quantitative estimate of drug-likeness (QED) is 0.0620. The molecule has 0 atom stereocenters. The van der Waals surface area contributed by atoms with Gasteiger partial charge in [-0.05, 0) is 149 Å². The minimum atomic E-state index is -1.36. The number of aromatic carboxylic acids is 1. The van der Waals surface area contributed by atoms with Gasteiger partial charge in [0.25, 0.3) is 0 Å². The molecule has 2 saturated carbocycles. The van der Waals surface area contributed by atoms with Gasteiger partial charge in [-0.15, -0.1) is 12.4 Å². The smallest absolute Gasteiger partial charge is 0.870 e. The van der Waals surface area contributed by atoms with Gasteiger partial charge in [0.2, 0.25) is 11.8 Å². The number of nitriles is 2. The van der Waals surface area contributed by atoms with Crippen LogP contribution in [0.2, 0.25) is 0 Å². The van der Waals surface area contributed by atoms with E-state index in [1.807, 2.05) is 55.4 Å². The Labute approximate surface area is 566 Å². The molecule has 0 bridgehead atoms. The van der Waals surface area contributed by atoms with Crippen LogP contribution in [0.5, 0.6) is 0 Å². The summed E-state index contributed by atoms with van der Waals surface area (Å²) in [4.78, 5) is 54.8. The average molecular weight is 1380 g/mol. The first-order valence-corrected chi connectivity index (χ1v) is 28.8. The summed E-state index contributed by atoms with van der Waals surface area (Å²) in [6.07, 6.45) is 10.5. The molecule has 9 rings (SSSR count). The van der Waals surface area contributed by atoms with Gasteiger partial charge in [-0.1, -0.05) is 47.0 Å². The second-order valence-electron chi connectivity index (χ2n) is 22.6. The van der Waals surface area contributed by atoms with Crippen molar-refractivity contribution in [3.05, 3.63) is 87.2 Å². The Bertz CT molecular complexity index is 2970.